The van der Waals surface area contributed by atoms with Gasteiger partial charge in [0, 0.05) is 43.1 Å². The largest absolute Gasteiger partial charge is 0.236 e. The zero-order valence-corrected chi connectivity index (χ0v) is 33.5. The summed E-state index contributed by atoms with van der Waals surface area (Å²) in [5, 5.41) is 14.6. The lowest BCUT2D eigenvalue weighted by Gasteiger charge is -2.15. The first kappa shape index (κ1) is 34.0. The van der Waals surface area contributed by atoms with Crippen molar-refractivity contribution in [3.8, 4) is 56.5 Å². The molecule has 61 heavy (non-hydrogen) atoms. The average Bonchev–Trinajstić information content (AvgIpc) is 3.72. The molecular weight excluding hydrogens is 761 g/mol. The molecule has 3 heterocycles. The number of pyridine rings is 1. The van der Waals surface area contributed by atoms with E-state index in [1.165, 1.54) is 58.6 Å². The van der Waals surface area contributed by atoms with Gasteiger partial charge in [-0.1, -0.05) is 182 Å². The van der Waals surface area contributed by atoms with E-state index < -0.39 is 0 Å². The summed E-state index contributed by atoms with van der Waals surface area (Å²) in [7, 11) is 0. The minimum absolute atomic E-state index is 0.635. The topological polar surface area (TPSA) is 51.6 Å². The zero-order chi connectivity index (χ0) is 40.0. The van der Waals surface area contributed by atoms with E-state index >= 15 is 0 Å². The predicted octanol–water partition coefficient (Wildman–Crippen LogP) is 15.2. The Bertz CT molecular complexity index is 3860. The molecule has 0 radical (unpaired) electrons. The van der Waals surface area contributed by atoms with Gasteiger partial charge in [-0.2, -0.15) is 0 Å². The minimum atomic E-state index is 0.635. The van der Waals surface area contributed by atoms with Crippen LogP contribution >= 0.6 is 11.3 Å². The minimum Gasteiger partial charge on any atom is -0.236 e. The number of aromatic nitrogens is 4. The van der Waals surface area contributed by atoms with Crippen LogP contribution in [0.5, 0.6) is 0 Å². The molecule has 10 aromatic carbocycles. The number of hydrogen-bond donors (Lipinski definition) is 0. The summed E-state index contributed by atoms with van der Waals surface area (Å²) in [6.07, 6.45) is 0. The number of nitrogens with zero attached hydrogens (tertiary/aromatic N) is 4. The Hall–Kier alpha value is -7.86. The molecule has 0 aliphatic heterocycles. The maximum atomic E-state index is 5.40. The molecule has 13 aromatic rings. The van der Waals surface area contributed by atoms with Crippen LogP contribution in [0.25, 0.3) is 131 Å². The summed E-state index contributed by atoms with van der Waals surface area (Å²) in [4.78, 5) is 21.9. The van der Waals surface area contributed by atoms with E-state index in [0.717, 1.165) is 54.7 Å². The Morgan fingerprint density at radius 3 is 1.59 bits per heavy atom. The second-order valence-electron chi connectivity index (χ2n) is 15.7. The van der Waals surface area contributed by atoms with Crippen molar-refractivity contribution in [1.82, 2.24) is 19.9 Å². The highest BCUT2D eigenvalue weighted by atomic mass is 32.1. The summed E-state index contributed by atoms with van der Waals surface area (Å²) in [5.74, 6) is 1.94. The highest BCUT2D eigenvalue weighted by Crippen LogP contribution is 2.44. The van der Waals surface area contributed by atoms with Crippen molar-refractivity contribution in [2.45, 2.75) is 0 Å². The molecule has 0 fully saturated rings. The fourth-order valence-corrected chi connectivity index (χ4v) is 10.6. The van der Waals surface area contributed by atoms with E-state index in [-0.39, 0.29) is 0 Å². The van der Waals surface area contributed by atoms with E-state index in [1.807, 2.05) is 18.2 Å². The molecule has 0 saturated carbocycles. The van der Waals surface area contributed by atoms with Crippen LogP contribution in [0.4, 0.5) is 0 Å². The van der Waals surface area contributed by atoms with Crippen molar-refractivity contribution < 1.29 is 0 Å². The van der Waals surface area contributed by atoms with Crippen LogP contribution in [0, 0.1) is 0 Å². The van der Waals surface area contributed by atoms with E-state index in [2.05, 4.69) is 176 Å². The lowest BCUT2D eigenvalue weighted by Crippen LogP contribution is -2.00. The van der Waals surface area contributed by atoms with Crippen LogP contribution in [0.1, 0.15) is 0 Å². The van der Waals surface area contributed by atoms with E-state index in [4.69, 9.17) is 19.9 Å². The average molecular weight is 793 g/mol. The lowest BCUT2D eigenvalue weighted by molar-refractivity contribution is 1.08. The van der Waals surface area contributed by atoms with Gasteiger partial charge in [0.15, 0.2) is 17.5 Å². The first-order valence-corrected chi connectivity index (χ1v) is 21.4. The Kier molecular flexibility index (Phi) is 7.44. The summed E-state index contributed by atoms with van der Waals surface area (Å²) < 4.78 is 1.26. The van der Waals surface area contributed by atoms with Crippen LogP contribution in [0.15, 0.2) is 194 Å². The van der Waals surface area contributed by atoms with Crippen LogP contribution in [0.2, 0.25) is 0 Å². The van der Waals surface area contributed by atoms with Crippen molar-refractivity contribution in [1.29, 1.82) is 0 Å². The smallest absolute Gasteiger partial charge is 0.164 e. The molecule has 0 bridgehead atoms. The standard InChI is InChI=1S/C56H32N4S/c1-2-11-37(12-3-1)53-58-54(60-55(59-53)46-30-28-36-24-23-34-13-10-14-35-27-29-43(46)50(36)49(34)35)38-25-21-33(22-26-38)39-31-32-45(41-16-5-4-15-40(39)41)52-44-18-7-6-17-42(44)51-47-19-8-9-20-48(47)61-56(51)57-52/h1-32H. The lowest BCUT2D eigenvalue weighted by atomic mass is 9.91. The Morgan fingerprint density at radius 2 is 0.820 bits per heavy atom. The van der Waals surface area contributed by atoms with E-state index in [0.29, 0.717) is 17.5 Å². The summed E-state index contributed by atoms with van der Waals surface area (Å²) in [6, 6.07) is 69.1. The molecular formula is C56H32N4S. The maximum absolute atomic E-state index is 5.40. The quantitative estimate of drug-likeness (QED) is 0.163. The monoisotopic (exact) mass is 792 g/mol. The first-order chi connectivity index (χ1) is 30.2. The molecule has 0 atom stereocenters. The Morgan fingerprint density at radius 1 is 0.279 bits per heavy atom. The number of benzene rings is 10. The Labute approximate surface area is 354 Å². The fourth-order valence-electron chi connectivity index (χ4n) is 9.47. The van der Waals surface area contributed by atoms with Crippen molar-refractivity contribution in [2.24, 2.45) is 0 Å². The van der Waals surface area contributed by atoms with Gasteiger partial charge in [-0.3, -0.25) is 0 Å². The van der Waals surface area contributed by atoms with Crippen LogP contribution in [0.3, 0.4) is 0 Å². The third-order valence-electron chi connectivity index (χ3n) is 12.3. The molecule has 0 N–H and O–H groups in total. The predicted molar refractivity (Wildman–Crippen MR) is 256 cm³/mol. The van der Waals surface area contributed by atoms with Crippen molar-refractivity contribution >= 4 is 85.5 Å². The van der Waals surface area contributed by atoms with Crippen LogP contribution < -0.4 is 0 Å². The van der Waals surface area contributed by atoms with Gasteiger partial charge < -0.3 is 0 Å². The molecule has 0 amide bonds. The van der Waals surface area contributed by atoms with Gasteiger partial charge in [0.25, 0.3) is 0 Å². The molecule has 0 aliphatic carbocycles. The summed E-state index contributed by atoms with van der Waals surface area (Å²) in [6.45, 7) is 0. The van der Waals surface area contributed by atoms with Crippen LogP contribution in [-0.4, -0.2) is 19.9 Å². The molecule has 0 spiro atoms. The highest BCUT2D eigenvalue weighted by molar-refractivity contribution is 7.25. The molecule has 0 unspecified atom stereocenters. The van der Waals surface area contributed by atoms with Gasteiger partial charge in [0.2, 0.25) is 0 Å². The van der Waals surface area contributed by atoms with E-state index in [9.17, 15) is 0 Å². The molecule has 0 saturated heterocycles. The third kappa shape index (κ3) is 5.31. The normalized spacial score (nSPS) is 11.9. The Balaban J connectivity index is 0.939. The molecule has 4 nitrogen and oxygen atoms in total. The van der Waals surface area contributed by atoms with Crippen molar-refractivity contribution in [3.05, 3.63) is 194 Å². The molecule has 3 aromatic heterocycles. The van der Waals surface area contributed by atoms with Gasteiger partial charge in [-0.25, -0.2) is 19.9 Å². The molecule has 13 rings (SSSR count). The van der Waals surface area contributed by atoms with Gasteiger partial charge in [-0.15, -0.1) is 11.3 Å². The van der Waals surface area contributed by atoms with Gasteiger partial charge >= 0.3 is 0 Å². The highest BCUT2D eigenvalue weighted by Gasteiger charge is 2.20. The van der Waals surface area contributed by atoms with Gasteiger partial charge in [-0.05, 0) is 71.7 Å². The first-order valence-electron chi connectivity index (χ1n) is 20.5. The van der Waals surface area contributed by atoms with Crippen LogP contribution in [-0.2, 0) is 0 Å². The van der Waals surface area contributed by atoms with Crippen molar-refractivity contribution in [2.75, 3.05) is 0 Å². The van der Waals surface area contributed by atoms with Gasteiger partial charge in [0.1, 0.15) is 4.83 Å². The maximum Gasteiger partial charge on any atom is 0.164 e. The van der Waals surface area contributed by atoms with Gasteiger partial charge in [0.05, 0.1) is 5.69 Å². The molecule has 5 heteroatoms. The number of hydrogen-bond acceptors (Lipinski definition) is 5. The molecule has 0 aliphatic rings. The van der Waals surface area contributed by atoms with E-state index in [1.54, 1.807) is 11.3 Å². The SMILES string of the molecule is c1ccc(-c2nc(-c3ccc(-c4ccc(-c5nc6sc7ccccc7c6c6ccccc56)c5ccccc45)cc3)nc(-c3ccc4ccc5cccc6ccc3c4c56)n2)cc1. The number of fused-ring (bicyclic) bond motifs is 6. The summed E-state index contributed by atoms with van der Waals surface area (Å²) in [5.41, 5.74) is 7.28. The second-order valence-corrected chi connectivity index (χ2v) is 16.7. The fraction of sp³-hybridized carbons (Fsp3) is 0. The number of thiophene rings is 1. The second kappa shape index (κ2) is 13.3. The third-order valence-corrected chi connectivity index (χ3v) is 13.4. The number of rotatable bonds is 5. The summed E-state index contributed by atoms with van der Waals surface area (Å²) >= 11 is 1.77. The molecule has 282 valence electrons. The zero-order valence-electron chi connectivity index (χ0n) is 32.7. The van der Waals surface area contributed by atoms with Crippen molar-refractivity contribution in [3.63, 3.8) is 0 Å².